The first-order valence-electron chi connectivity index (χ1n) is 7.38. The zero-order valence-corrected chi connectivity index (χ0v) is 13.2. The van der Waals surface area contributed by atoms with Crippen molar-refractivity contribution < 1.29 is 9.59 Å². The van der Waals surface area contributed by atoms with Crippen LogP contribution in [0.3, 0.4) is 0 Å². The molecule has 4 nitrogen and oxygen atoms in total. The molecule has 0 radical (unpaired) electrons. The second-order valence-electron chi connectivity index (χ2n) is 5.29. The van der Waals surface area contributed by atoms with Crippen molar-refractivity contribution in [3.8, 4) is 0 Å². The summed E-state index contributed by atoms with van der Waals surface area (Å²) < 4.78 is 0. The number of thioether (sulfide) groups is 1. The molecule has 1 saturated heterocycles. The normalized spacial score (nSPS) is 16.9. The molecule has 1 heterocycles. The predicted molar refractivity (Wildman–Crippen MR) is 86.5 cm³/mol. The lowest BCUT2D eigenvalue weighted by Crippen LogP contribution is -2.40. The van der Waals surface area contributed by atoms with Crippen molar-refractivity contribution in [3.05, 3.63) is 35.9 Å². The quantitative estimate of drug-likeness (QED) is 0.927. The minimum Gasteiger partial charge on any atom is -0.349 e. The molecule has 0 spiro atoms. The topological polar surface area (TPSA) is 49.4 Å². The number of carbonyl (C=O) groups is 2. The van der Waals surface area contributed by atoms with Crippen molar-refractivity contribution in [1.82, 2.24) is 10.2 Å². The number of benzene rings is 1. The SMILES string of the molecule is C[C@@H](CC(=O)N1CCCSCC1)NC(=O)c1ccccc1. The molecule has 5 heteroatoms. The van der Waals surface area contributed by atoms with Gasteiger partial charge in [0.25, 0.3) is 5.91 Å². The van der Waals surface area contributed by atoms with Gasteiger partial charge in [-0.05, 0) is 31.2 Å². The molecule has 1 N–H and O–H groups in total. The summed E-state index contributed by atoms with van der Waals surface area (Å²) >= 11 is 1.90. The van der Waals surface area contributed by atoms with E-state index in [9.17, 15) is 9.59 Å². The van der Waals surface area contributed by atoms with Gasteiger partial charge in [-0.25, -0.2) is 0 Å². The molecule has 0 saturated carbocycles. The highest BCUT2D eigenvalue weighted by molar-refractivity contribution is 7.99. The van der Waals surface area contributed by atoms with Gasteiger partial charge in [0, 0.05) is 36.9 Å². The molecular weight excluding hydrogens is 284 g/mol. The third-order valence-electron chi connectivity index (χ3n) is 3.47. The number of nitrogens with zero attached hydrogens (tertiary/aromatic N) is 1. The maximum Gasteiger partial charge on any atom is 0.251 e. The molecule has 0 bridgehead atoms. The van der Waals surface area contributed by atoms with Crippen molar-refractivity contribution in [2.75, 3.05) is 24.6 Å². The van der Waals surface area contributed by atoms with E-state index in [1.165, 1.54) is 0 Å². The van der Waals surface area contributed by atoms with Gasteiger partial charge in [0.05, 0.1) is 0 Å². The fourth-order valence-corrected chi connectivity index (χ4v) is 3.22. The molecule has 114 valence electrons. The Morgan fingerprint density at radius 1 is 1.24 bits per heavy atom. The van der Waals surface area contributed by atoms with Crippen LogP contribution in [0.1, 0.15) is 30.1 Å². The molecule has 1 atom stereocenters. The summed E-state index contributed by atoms with van der Waals surface area (Å²) in [6.07, 6.45) is 1.42. The van der Waals surface area contributed by atoms with Gasteiger partial charge in [-0.15, -0.1) is 0 Å². The van der Waals surface area contributed by atoms with E-state index in [1.807, 2.05) is 41.8 Å². The van der Waals surface area contributed by atoms with Crippen LogP contribution in [-0.2, 0) is 4.79 Å². The molecule has 1 aliphatic rings. The lowest BCUT2D eigenvalue weighted by molar-refractivity contribution is -0.131. The van der Waals surface area contributed by atoms with Crippen molar-refractivity contribution in [3.63, 3.8) is 0 Å². The number of nitrogens with one attached hydrogen (secondary N) is 1. The minimum atomic E-state index is -0.152. The average molecular weight is 306 g/mol. The van der Waals surface area contributed by atoms with Crippen LogP contribution in [0.5, 0.6) is 0 Å². The molecule has 2 amide bonds. The maximum absolute atomic E-state index is 12.2. The Kier molecular flexibility index (Phi) is 6.11. The van der Waals surface area contributed by atoms with Gasteiger partial charge in [-0.2, -0.15) is 11.8 Å². The van der Waals surface area contributed by atoms with Crippen LogP contribution in [0.25, 0.3) is 0 Å². The van der Waals surface area contributed by atoms with Crippen LogP contribution < -0.4 is 5.32 Å². The van der Waals surface area contributed by atoms with E-state index < -0.39 is 0 Å². The Morgan fingerprint density at radius 2 is 2.00 bits per heavy atom. The molecule has 1 aromatic rings. The molecule has 0 aliphatic carbocycles. The Hall–Kier alpha value is -1.49. The lowest BCUT2D eigenvalue weighted by Gasteiger charge is -2.22. The van der Waals surface area contributed by atoms with Crippen LogP contribution in [0.15, 0.2) is 30.3 Å². The molecular formula is C16H22N2O2S. The number of amides is 2. The van der Waals surface area contributed by atoms with Gasteiger partial charge in [0.2, 0.25) is 5.91 Å². The highest BCUT2D eigenvalue weighted by atomic mass is 32.2. The smallest absolute Gasteiger partial charge is 0.251 e. The largest absolute Gasteiger partial charge is 0.349 e. The van der Waals surface area contributed by atoms with Crippen LogP contribution >= 0.6 is 11.8 Å². The Morgan fingerprint density at radius 3 is 2.76 bits per heavy atom. The van der Waals surface area contributed by atoms with Gasteiger partial charge in [0.1, 0.15) is 0 Å². The third-order valence-corrected chi connectivity index (χ3v) is 4.52. The second kappa shape index (κ2) is 8.08. The fraction of sp³-hybridized carbons (Fsp3) is 0.500. The molecule has 1 aromatic carbocycles. The molecule has 21 heavy (non-hydrogen) atoms. The van der Waals surface area contributed by atoms with Gasteiger partial charge in [-0.3, -0.25) is 9.59 Å². The van der Waals surface area contributed by atoms with Gasteiger partial charge in [0.15, 0.2) is 0 Å². The maximum atomic E-state index is 12.2. The van der Waals surface area contributed by atoms with Crippen LogP contribution in [0.4, 0.5) is 0 Å². The first kappa shape index (κ1) is 15.9. The molecule has 2 rings (SSSR count). The molecule has 0 unspecified atom stereocenters. The van der Waals surface area contributed by atoms with E-state index in [-0.39, 0.29) is 17.9 Å². The van der Waals surface area contributed by atoms with Crippen molar-refractivity contribution in [1.29, 1.82) is 0 Å². The summed E-state index contributed by atoms with van der Waals surface area (Å²) in [6.45, 7) is 3.54. The first-order chi connectivity index (χ1) is 10.2. The standard InChI is InChI=1S/C16H22N2O2S/c1-13(17-16(20)14-6-3-2-4-7-14)12-15(19)18-8-5-10-21-11-9-18/h2-4,6-7,13H,5,8-12H2,1H3,(H,17,20)/t13-/m0/s1. The van der Waals surface area contributed by atoms with Crippen LogP contribution in [0.2, 0.25) is 0 Å². The van der Waals surface area contributed by atoms with E-state index in [4.69, 9.17) is 0 Å². The van der Waals surface area contributed by atoms with Gasteiger partial charge < -0.3 is 10.2 Å². The van der Waals surface area contributed by atoms with Crippen LogP contribution in [-0.4, -0.2) is 47.4 Å². The monoisotopic (exact) mass is 306 g/mol. The Balaban J connectivity index is 1.82. The molecule has 1 aliphatic heterocycles. The van der Waals surface area contributed by atoms with E-state index in [2.05, 4.69) is 5.32 Å². The minimum absolute atomic E-state index is 0.123. The highest BCUT2D eigenvalue weighted by Gasteiger charge is 2.19. The van der Waals surface area contributed by atoms with Crippen molar-refractivity contribution in [2.45, 2.75) is 25.8 Å². The lowest BCUT2D eigenvalue weighted by atomic mass is 10.1. The summed E-state index contributed by atoms with van der Waals surface area (Å²) in [5.74, 6) is 2.15. The van der Waals surface area contributed by atoms with Gasteiger partial charge >= 0.3 is 0 Å². The van der Waals surface area contributed by atoms with Gasteiger partial charge in [-0.1, -0.05) is 18.2 Å². The fourth-order valence-electron chi connectivity index (χ4n) is 2.33. The van der Waals surface area contributed by atoms with E-state index in [0.29, 0.717) is 12.0 Å². The summed E-state index contributed by atoms with van der Waals surface area (Å²) in [6, 6.07) is 8.94. The second-order valence-corrected chi connectivity index (χ2v) is 6.52. The zero-order chi connectivity index (χ0) is 15.1. The summed E-state index contributed by atoms with van der Waals surface area (Å²) in [5, 5.41) is 2.89. The third kappa shape index (κ3) is 5.08. The van der Waals surface area contributed by atoms with Crippen molar-refractivity contribution >= 4 is 23.6 Å². The highest BCUT2D eigenvalue weighted by Crippen LogP contribution is 2.11. The van der Waals surface area contributed by atoms with Crippen molar-refractivity contribution in [2.24, 2.45) is 0 Å². The van der Waals surface area contributed by atoms with E-state index in [0.717, 1.165) is 31.0 Å². The summed E-state index contributed by atoms with van der Waals surface area (Å²) in [5.41, 5.74) is 0.628. The van der Waals surface area contributed by atoms with Crippen LogP contribution in [0, 0.1) is 0 Å². The average Bonchev–Trinajstić information content (AvgIpc) is 2.77. The molecule has 0 aromatic heterocycles. The van der Waals surface area contributed by atoms with E-state index >= 15 is 0 Å². The number of hydrogen-bond acceptors (Lipinski definition) is 3. The number of carbonyl (C=O) groups excluding carboxylic acids is 2. The Labute approximate surface area is 130 Å². The number of rotatable bonds is 4. The predicted octanol–water partition coefficient (Wildman–Crippen LogP) is 2.16. The zero-order valence-electron chi connectivity index (χ0n) is 12.4. The van der Waals surface area contributed by atoms with E-state index in [1.54, 1.807) is 12.1 Å². The first-order valence-corrected chi connectivity index (χ1v) is 8.53. The Bertz CT molecular complexity index is 470. The summed E-state index contributed by atoms with van der Waals surface area (Å²) in [4.78, 5) is 26.2. The molecule has 1 fully saturated rings. The summed E-state index contributed by atoms with van der Waals surface area (Å²) in [7, 11) is 0. The number of hydrogen-bond donors (Lipinski definition) is 1.